The van der Waals surface area contributed by atoms with Gasteiger partial charge in [0, 0.05) is 28.8 Å². The Hall–Kier alpha value is -3.90. The van der Waals surface area contributed by atoms with Gasteiger partial charge in [-0.1, -0.05) is 55.8 Å². The smallest absolute Gasteiger partial charge is 0.343 e. The molecule has 0 heterocycles. The van der Waals surface area contributed by atoms with E-state index in [0.717, 1.165) is 5.56 Å². The first-order valence-electron chi connectivity index (χ1n) is 10.2. The first kappa shape index (κ1) is 23.8. The van der Waals surface area contributed by atoms with Crippen molar-refractivity contribution in [3.8, 4) is 11.5 Å². The lowest BCUT2D eigenvalue weighted by Gasteiger charge is -2.09. The van der Waals surface area contributed by atoms with Gasteiger partial charge in [0.15, 0.2) is 0 Å². The van der Waals surface area contributed by atoms with E-state index in [1.54, 1.807) is 32.1 Å². The third-order valence-corrected chi connectivity index (χ3v) is 4.62. The van der Waals surface area contributed by atoms with Gasteiger partial charge >= 0.3 is 11.9 Å². The number of amides is 1. The Kier molecular flexibility index (Phi) is 8.00. The Morgan fingerprint density at radius 1 is 0.879 bits per heavy atom. The molecule has 3 rings (SSSR count). The second kappa shape index (κ2) is 11.1. The molecule has 0 aromatic heterocycles. The summed E-state index contributed by atoms with van der Waals surface area (Å²) in [5.41, 5.74) is 1.71. The molecule has 0 spiro atoms. The van der Waals surface area contributed by atoms with Crippen molar-refractivity contribution >= 4 is 41.2 Å². The van der Waals surface area contributed by atoms with Gasteiger partial charge < -0.3 is 14.8 Å². The average molecular weight is 464 g/mol. The maximum atomic E-state index is 12.5. The molecule has 0 saturated heterocycles. The van der Waals surface area contributed by atoms with Gasteiger partial charge in [-0.2, -0.15) is 0 Å². The number of nitrogens with one attached hydrogen (secondary N) is 1. The fourth-order valence-corrected chi connectivity index (χ4v) is 2.89. The van der Waals surface area contributed by atoms with Crippen LogP contribution in [0.5, 0.6) is 11.5 Å². The molecule has 0 saturated carbocycles. The Morgan fingerprint density at radius 2 is 1.52 bits per heavy atom. The molecule has 0 aliphatic rings. The molecule has 33 heavy (non-hydrogen) atoms. The zero-order valence-electron chi connectivity index (χ0n) is 18.1. The molecule has 1 N–H and O–H groups in total. The van der Waals surface area contributed by atoms with Crippen LogP contribution in [0.15, 0.2) is 78.9 Å². The molecule has 0 aliphatic carbocycles. The van der Waals surface area contributed by atoms with Crippen LogP contribution in [0.4, 0.5) is 5.69 Å². The molecule has 0 unspecified atom stereocenters. The number of carbonyl (C=O) groups is 3. The predicted octanol–water partition coefficient (Wildman–Crippen LogP) is 5.77. The number of ether oxygens (including phenoxy) is 2. The van der Waals surface area contributed by atoms with Gasteiger partial charge in [0.05, 0.1) is 5.56 Å². The van der Waals surface area contributed by atoms with Crippen molar-refractivity contribution in [3.05, 3.63) is 95.0 Å². The molecule has 7 heteroatoms. The number of esters is 2. The molecule has 3 aromatic rings. The highest BCUT2D eigenvalue weighted by molar-refractivity contribution is 6.30. The molecule has 0 bridgehead atoms. The molecule has 3 aromatic carbocycles. The number of anilines is 1. The minimum absolute atomic E-state index is 0.120. The summed E-state index contributed by atoms with van der Waals surface area (Å²) in [5.74, 6) is -1.24. The Balaban J connectivity index is 1.64. The molecular weight excluding hydrogens is 442 g/mol. The zero-order chi connectivity index (χ0) is 23.8. The van der Waals surface area contributed by atoms with Crippen molar-refractivity contribution in [1.29, 1.82) is 0 Å². The molecule has 0 aliphatic heterocycles. The Labute approximate surface area is 196 Å². The predicted molar refractivity (Wildman–Crippen MR) is 127 cm³/mol. The van der Waals surface area contributed by atoms with Gasteiger partial charge in [-0.3, -0.25) is 4.79 Å². The molecule has 1 amide bonds. The van der Waals surface area contributed by atoms with E-state index in [0.29, 0.717) is 5.69 Å². The molecule has 0 radical (unpaired) electrons. The number of halogens is 1. The second-order valence-corrected chi connectivity index (χ2v) is 7.84. The molecule has 168 valence electrons. The van der Waals surface area contributed by atoms with Crippen LogP contribution in [0.3, 0.4) is 0 Å². The number of rotatable bonds is 7. The van der Waals surface area contributed by atoms with Crippen LogP contribution in [0.2, 0.25) is 5.02 Å². The SMILES string of the molecule is CC(C)C(=O)Nc1ccc(C(=O)Oc2cc(Cl)cc(OC(=O)C=Cc3ccccc3)c2)cc1. The van der Waals surface area contributed by atoms with E-state index < -0.39 is 11.9 Å². The van der Waals surface area contributed by atoms with Crippen molar-refractivity contribution in [2.45, 2.75) is 13.8 Å². The fourth-order valence-electron chi connectivity index (χ4n) is 2.68. The lowest BCUT2D eigenvalue weighted by Crippen LogP contribution is -2.17. The minimum Gasteiger partial charge on any atom is -0.423 e. The van der Waals surface area contributed by atoms with E-state index in [-0.39, 0.29) is 33.9 Å². The summed E-state index contributed by atoms with van der Waals surface area (Å²) in [6, 6.07) is 19.9. The lowest BCUT2D eigenvalue weighted by atomic mass is 10.1. The average Bonchev–Trinajstić information content (AvgIpc) is 2.78. The Bertz CT molecular complexity index is 1170. The molecule has 6 nitrogen and oxygen atoms in total. The maximum absolute atomic E-state index is 12.5. The molecule has 0 atom stereocenters. The lowest BCUT2D eigenvalue weighted by molar-refractivity contribution is -0.128. The summed E-state index contributed by atoms with van der Waals surface area (Å²) < 4.78 is 10.6. The summed E-state index contributed by atoms with van der Waals surface area (Å²) >= 11 is 6.09. The van der Waals surface area contributed by atoms with Crippen LogP contribution in [0, 0.1) is 5.92 Å². The zero-order valence-corrected chi connectivity index (χ0v) is 18.8. The van der Waals surface area contributed by atoms with Crippen LogP contribution in [0.1, 0.15) is 29.8 Å². The van der Waals surface area contributed by atoms with E-state index in [1.165, 1.54) is 36.4 Å². The third-order valence-electron chi connectivity index (χ3n) is 4.40. The van der Waals surface area contributed by atoms with Crippen molar-refractivity contribution in [2.75, 3.05) is 5.32 Å². The van der Waals surface area contributed by atoms with Gasteiger partial charge in [0.2, 0.25) is 5.91 Å². The van der Waals surface area contributed by atoms with Crippen molar-refractivity contribution in [2.24, 2.45) is 5.92 Å². The quantitative estimate of drug-likeness (QED) is 0.273. The van der Waals surface area contributed by atoms with E-state index >= 15 is 0 Å². The van der Waals surface area contributed by atoms with Crippen LogP contribution >= 0.6 is 11.6 Å². The highest BCUT2D eigenvalue weighted by Gasteiger charge is 2.13. The van der Waals surface area contributed by atoms with E-state index in [9.17, 15) is 14.4 Å². The van der Waals surface area contributed by atoms with Gasteiger partial charge in [0.25, 0.3) is 0 Å². The monoisotopic (exact) mass is 463 g/mol. The number of hydrogen-bond acceptors (Lipinski definition) is 5. The summed E-state index contributed by atoms with van der Waals surface area (Å²) in [7, 11) is 0. The first-order chi connectivity index (χ1) is 15.8. The fraction of sp³-hybridized carbons (Fsp3) is 0.115. The number of carbonyl (C=O) groups excluding carboxylic acids is 3. The normalized spacial score (nSPS) is 10.8. The number of benzene rings is 3. The van der Waals surface area contributed by atoms with Crippen LogP contribution in [-0.4, -0.2) is 17.8 Å². The van der Waals surface area contributed by atoms with Crippen molar-refractivity contribution in [1.82, 2.24) is 0 Å². The summed E-state index contributed by atoms with van der Waals surface area (Å²) in [5, 5.41) is 2.99. The summed E-state index contributed by atoms with van der Waals surface area (Å²) in [6.45, 7) is 3.58. The molecular formula is C26H22ClNO5. The maximum Gasteiger partial charge on any atom is 0.343 e. The standard InChI is InChI=1S/C26H22ClNO5/c1-17(2)25(30)28-21-11-9-19(10-12-21)26(31)33-23-15-20(27)14-22(16-23)32-24(29)13-8-18-6-4-3-5-7-18/h3-17H,1-2H3,(H,28,30). The summed E-state index contributed by atoms with van der Waals surface area (Å²) in [4.78, 5) is 36.4. The van der Waals surface area contributed by atoms with Gasteiger partial charge in [-0.05, 0) is 48.0 Å². The highest BCUT2D eigenvalue weighted by atomic mass is 35.5. The van der Waals surface area contributed by atoms with Gasteiger partial charge in [0.1, 0.15) is 11.5 Å². The molecule has 0 fully saturated rings. The van der Waals surface area contributed by atoms with Crippen LogP contribution in [0.25, 0.3) is 6.08 Å². The third kappa shape index (κ3) is 7.33. The largest absolute Gasteiger partial charge is 0.423 e. The van der Waals surface area contributed by atoms with Crippen molar-refractivity contribution < 1.29 is 23.9 Å². The van der Waals surface area contributed by atoms with E-state index in [2.05, 4.69) is 5.32 Å². The van der Waals surface area contributed by atoms with Crippen LogP contribution < -0.4 is 14.8 Å². The first-order valence-corrected chi connectivity index (χ1v) is 10.6. The highest BCUT2D eigenvalue weighted by Crippen LogP contribution is 2.27. The van der Waals surface area contributed by atoms with E-state index in [1.807, 2.05) is 30.3 Å². The second-order valence-electron chi connectivity index (χ2n) is 7.40. The van der Waals surface area contributed by atoms with Gasteiger partial charge in [-0.15, -0.1) is 0 Å². The Morgan fingerprint density at radius 3 is 2.15 bits per heavy atom. The topological polar surface area (TPSA) is 81.7 Å². The minimum atomic E-state index is -0.625. The van der Waals surface area contributed by atoms with Crippen molar-refractivity contribution in [3.63, 3.8) is 0 Å². The van der Waals surface area contributed by atoms with Crippen LogP contribution in [-0.2, 0) is 9.59 Å². The van der Waals surface area contributed by atoms with Gasteiger partial charge in [-0.25, -0.2) is 9.59 Å². The number of hydrogen-bond donors (Lipinski definition) is 1. The van der Waals surface area contributed by atoms with E-state index in [4.69, 9.17) is 21.1 Å². The summed E-state index contributed by atoms with van der Waals surface area (Å²) in [6.07, 6.45) is 2.92.